The maximum atomic E-state index is 10.0. The van der Waals surface area contributed by atoms with Crippen molar-refractivity contribution in [2.24, 2.45) is 0 Å². The van der Waals surface area contributed by atoms with E-state index in [2.05, 4.69) is 38.8 Å². The third-order valence-electron chi connectivity index (χ3n) is 1.12. The minimum atomic E-state index is 0.0435. The Hall–Kier alpha value is 0.920. The van der Waals surface area contributed by atoms with Gasteiger partial charge in [-0.3, -0.25) is 0 Å². The van der Waals surface area contributed by atoms with E-state index in [9.17, 15) is 5.11 Å². The monoisotopic (exact) mass is 257 g/mol. The summed E-state index contributed by atoms with van der Waals surface area (Å²) in [6.45, 7) is 2.12. The van der Waals surface area contributed by atoms with Gasteiger partial charge in [0, 0.05) is 9.65 Å². The van der Waals surface area contributed by atoms with Gasteiger partial charge in [0.1, 0.15) is 0 Å². The third-order valence-corrected chi connectivity index (χ3v) is 3.72. The molecule has 0 heterocycles. The zero-order chi connectivity index (χ0) is 7.28. The molecule has 0 aromatic rings. The maximum Gasteiger partial charge on any atom is 0.0822 e. The number of hydrogen-bond acceptors (Lipinski definition) is 0. The standard InChI is InChI=1S/C6H11Br2O/c1-5(7)6(8)3-2-4-9/h5-6H,2-4H2,1H3. The second-order valence-electron chi connectivity index (χ2n) is 2.04. The van der Waals surface area contributed by atoms with Gasteiger partial charge in [-0.15, -0.1) is 0 Å². The highest BCUT2D eigenvalue weighted by Crippen LogP contribution is 2.17. The van der Waals surface area contributed by atoms with E-state index in [1.54, 1.807) is 0 Å². The van der Waals surface area contributed by atoms with Gasteiger partial charge in [-0.2, -0.15) is 0 Å². The Morgan fingerprint density at radius 3 is 2.33 bits per heavy atom. The number of halogens is 2. The smallest absolute Gasteiger partial charge is 0.0822 e. The van der Waals surface area contributed by atoms with Gasteiger partial charge in [0.25, 0.3) is 0 Å². The first-order valence-electron chi connectivity index (χ1n) is 3.04. The summed E-state index contributed by atoms with van der Waals surface area (Å²) < 4.78 is 0. The zero-order valence-corrected chi connectivity index (χ0v) is 8.61. The van der Waals surface area contributed by atoms with Crippen LogP contribution in [0.4, 0.5) is 0 Å². The Bertz CT molecular complexity index is 66.1. The second kappa shape index (κ2) is 5.69. The predicted octanol–water partition coefficient (Wildman–Crippen LogP) is 2.74. The van der Waals surface area contributed by atoms with Gasteiger partial charge in [0.2, 0.25) is 0 Å². The van der Waals surface area contributed by atoms with E-state index in [0.717, 1.165) is 12.8 Å². The van der Waals surface area contributed by atoms with Crippen LogP contribution in [-0.2, 0) is 5.11 Å². The lowest BCUT2D eigenvalue weighted by Gasteiger charge is -2.09. The van der Waals surface area contributed by atoms with Crippen molar-refractivity contribution in [2.45, 2.75) is 29.4 Å². The molecule has 2 unspecified atom stereocenters. The highest BCUT2D eigenvalue weighted by atomic mass is 79.9. The van der Waals surface area contributed by atoms with Crippen LogP contribution in [0, 0.1) is 0 Å². The Morgan fingerprint density at radius 1 is 1.44 bits per heavy atom. The average molecular weight is 259 g/mol. The molecule has 0 aliphatic carbocycles. The van der Waals surface area contributed by atoms with Gasteiger partial charge >= 0.3 is 0 Å². The molecular formula is C6H11Br2O. The molecule has 1 nitrogen and oxygen atoms in total. The molecule has 0 saturated carbocycles. The Morgan fingerprint density at radius 2 is 2.00 bits per heavy atom. The van der Waals surface area contributed by atoms with E-state index in [-0.39, 0.29) is 6.61 Å². The fourth-order valence-corrected chi connectivity index (χ4v) is 1.10. The molecule has 0 aromatic carbocycles. The summed E-state index contributed by atoms with van der Waals surface area (Å²) in [5, 5.41) is 10.0. The number of hydrogen-bond donors (Lipinski definition) is 0. The van der Waals surface area contributed by atoms with Gasteiger partial charge in [-0.05, 0) is 12.8 Å². The Labute approximate surface area is 73.1 Å². The Balaban J connectivity index is 3.16. The van der Waals surface area contributed by atoms with E-state index in [0.29, 0.717) is 9.65 Å². The van der Waals surface area contributed by atoms with Crippen LogP contribution in [0.5, 0.6) is 0 Å². The maximum absolute atomic E-state index is 10.0. The molecule has 0 fully saturated rings. The van der Waals surface area contributed by atoms with Crippen LogP contribution < -0.4 is 0 Å². The Kier molecular flexibility index (Phi) is 6.27. The normalized spacial score (nSPS) is 17.3. The first-order valence-corrected chi connectivity index (χ1v) is 4.88. The third kappa shape index (κ3) is 5.37. The molecule has 0 aliphatic heterocycles. The van der Waals surface area contributed by atoms with Gasteiger partial charge in [0.05, 0.1) is 6.61 Å². The lowest BCUT2D eigenvalue weighted by Crippen LogP contribution is -2.09. The van der Waals surface area contributed by atoms with Crippen molar-refractivity contribution in [1.82, 2.24) is 0 Å². The highest BCUT2D eigenvalue weighted by molar-refractivity contribution is 9.12. The molecule has 0 amide bonds. The van der Waals surface area contributed by atoms with Crippen molar-refractivity contribution in [3.05, 3.63) is 0 Å². The first-order chi connectivity index (χ1) is 4.18. The summed E-state index contributed by atoms with van der Waals surface area (Å²) in [6, 6.07) is 0. The highest BCUT2D eigenvalue weighted by Gasteiger charge is 2.08. The van der Waals surface area contributed by atoms with Crippen molar-refractivity contribution >= 4 is 31.9 Å². The molecule has 0 rings (SSSR count). The van der Waals surface area contributed by atoms with E-state index in [1.807, 2.05) is 0 Å². The summed E-state index contributed by atoms with van der Waals surface area (Å²) >= 11 is 6.88. The molecular weight excluding hydrogens is 248 g/mol. The second-order valence-corrected chi connectivity index (χ2v) is 4.66. The summed E-state index contributed by atoms with van der Waals surface area (Å²) in [5.74, 6) is 0. The molecule has 2 atom stereocenters. The van der Waals surface area contributed by atoms with Crippen LogP contribution in [0.2, 0.25) is 0 Å². The van der Waals surface area contributed by atoms with Gasteiger partial charge in [0.15, 0.2) is 0 Å². The van der Waals surface area contributed by atoms with Crippen molar-refractivity contribution in [3.63, 3.8) is 0 Å². The van der Waals surface area contributed by atoms with Gasteiger partial charge in [-0.25, -0.2) is 5.11 Å². The SMILES string of the molecule is CC(Br)C(Br)CCC[O]. The molecule has 0 spiro atoms. The molecule has 0 N–H and O–H groups in total. The quantitative estimate of drug-likeness (QED) is 0.692. The lowest BCUT2D eigenvalue weighted by atomic mass is 10.2. The summed E-state index contributed by atoms with van der Waals surface area (Å²) in [5.41, 5.74) is 0. The largest absolute Gasteiger partial charge is 0.237 e. The zero-order valence-electron chi connectivity index (χ0n) is 5.44. The van der Waals surface area contributed by atoms with E-state index >= 15 is 0 Å². The molecule has 3 heteroatoms. The van der Waals surface area contributed by atoms with Gasteiger partial charge < -0.3 is 0 Å². The first kappa shape index (κ1) is 9.92. The van der Waals surface area contributed by atoms with Crippen molar-refractivity contribution in [3.8, 4) is 0 Å². The van der Waals surface area contributed by atoms with E-state index in [4.69, 9.17) is 0 Å². The van der Waals surface area contributed by atoms with Crippen LogP contribution in [0.15, 0.2) is 0 Å². The predicted molar refractivity (Wildman–Crippen MR) is 45.9 cm³/mol. The number of rotatable bonds is 4. The molecule has 0 aliphatic rings. The van der Waals surface area contributed by atoms with Crippen molar-refractivity contribution < 1.29 is 5.11 Å². The molecule has 1 radical (unpaired) electrons. The van der Waals surface area contributed by atoms with Gasteiger partial charge in [-0.1, -0.05) is 38.8 Å². The topological polar surface area (TPSA) is 19.9 Å². The molecule has 55 valence electrons. The molecule has 9 heavy (non-hydrogen) atoms. The van der Waals surface area contributed by atoms with Crippen LogP contribution >= 0.6 is 31.9 Å². The minimum Gasteiger partial charge on any atom is -0.237 e. The molecule has 0 saturated heterocycles. The van der Waals surface area contributed by atoms with Crippen LogP contribution in [0.3, 0.4) is 0 Å². The fourth-order valence-electron chi connectivity index (χ4n) is 0.508. The van der Waals surface area contributed by atoms with Crippen LogP contribution in [0.1, 0.15) is 19.8 Å². The van der Waals surface area contributed by atoms with Crippen molar-refractivity contribution in [1.29, 1.82) is 0 Å². The van der Waals surface area contributed by atoms with Crippen molar-refractivity contribution in [2.75, 3.05) is 6.61 Å². The fraction of sp³-hybridized carbons (Fsp3) is 1.00. The molecule has 0 bridgehead atoms. The molecule has 0 aromatic heterocycles. The summed E-state index contributed by atoms with van der Waals surface area (Å²) in [4.78, 5) is 0.912. The minimum absolute atomic E-state index is 0.0435. The number of alkyl halides is 2. The summed E-state index contributed by atoms with van der Waals surface area (Å²) in [6.07, 6.45) is 1.74. The van der Waals surface area contributed by atoms with E-state index < -0.39 is 0 Å². The average Bonchev–Trinajstić information content (AvgIpc) is 1.82. The van der Waals surface area contributed by atoms with E-state index in [1.165, 1.54) is 0 Å². The summed E-state index contributed by atoms with van der Waals surface area (Å²) in [7, 11) is 0. The van der Waals surface area contributed by atoms with Crippen LogP contribution in [-0.4, -0.2) is 16.3 Å². The van der Waals surface area contributed by atoms with Crippen LogP contribution in [0.25, 0.3) is 0 Å². The lowest BCUT2D eigenvalue weighted by molar-refractivity contribution is 0.187.